The van der Waals surface area contributed by atoms with Gasteiger partial charge in [-0.1, -0.05) is 42.5 Å². The molecule has 0 fully saturated rings. The predicted octanol–water partition coefficient (Wildman–Crippen LogP) is 4.07. The molecule has 166 valence electrons. The van der Waals surface area contributed by atoms with Crippen molar-refractivity contribution in [3.8, 4) is 16.9 Å². The third-order valence-corrected chi connectivity index (χ3v) is 5.06. The Morgan fingerprint density at radius 2 is 1.61 bits per heavy atom. The van der Waals surface area contributed by atoms with Crippen molar-refractivity contribution in [2.45, 2.75) is 13.5 Å². The molecule has 1 aromatic heterocycles. The minimum atomic E-state index is -0.410. The highest BCUT2D eigenvalue weighted by molar-refractivity contribution is 6.03. The van der Waals surface area contributed by atoms with E-state index < -0.39 is 11.8 Å². The van der Waals surface area contributed by atoms with Gasteiger partial charge in [-0.3, -0.25) is 25.1 Å². The molecule has 4 rings (SSSR count). The first-order valence-corrected chi connectivity index (χ1v) is 10.6. The van der Waals surface area contributed by atoms with Crippen LogP contribution in [0.15, 0.2) is 91.3 Å². The molecule has 1 heterocycles. The van der Waals surface area contributed by atoms with Crippen LogP contribution in [0, 0.1) is 0 Å². The van der Waals surface area contributed by atoms with E-state index in [0.717, 1.165) is 16.7 Å². The van der Waals surface area contributed by atoms with Crippen LogP contribution >= 0.6 is 0 Å². The maximum absolute atomic E-state index is 12.8. The maximum atomic E-state index is 12.8. The third-order valence-electron chi connectivity index (χ3n) is 5.06. The number of hydrazine groups is 1. The molecule has 0 saturated heterocycles. The van der Waals surface area contributed by atoms with E-state index in [2.05, 4.69) is 16.0 Å². The van der Waals surface area contributed by atoms with Crippen LogP contribution in [0.3, 0.4) is 0 Å². The number of benzene rings is 3. The largest absolute Gasteiger partial charge is 0.494 e. The van der Waals surface area contributed by atoms with Crippen LogP contribution in [0.2, 0.25) is 0 Å². The van der Waals surface area contributed by atoms with E-state index in [0.29, 0.717) is 30.0 Å². The fourth-order valence-electron chi connectivity index (χ4n) is 3.43. The van der Waals surface area contributed by atoms with Gasteiger partial charge in [-0.25, -0.2) is 0 Å². The number of ether oxygens (including phenoxy) is 1. The van der Waals surface area contributed by atoms with Crippen molar-refractivity contribution in [1.29, 1.82) is 0 Å². The number of nitrogens with one attached hydrogen (secondary N) is 2. The van der Waals surface area contributed by atoms with Gasteiger partial charge in [0, 0.05) is 23.5 Å². The van der Waals surface area contributed by atoms with Gasteiger partial charge in [0.25, 0.3) is 11.8 Å². The lowest BCUT2D eigenvalue weighted by molar-refractivity contribution is 0.0847. The first-order valence-electron chi connectivity index (χ1n) is 10.6. The highest BCUT2D eigenvalue weighted by Crippen LogP contribution is 2.24. The summed E-state index contributed by atoms with van der Waals surface area (Å²) in [5.74, 6) is -0.125. The van der Waals surface area contributed by atoms with Crippen molar-refractivity contribution in [3.05, 3.63) is 108 Å². The van der Waals surface area contributed by atoms with Crippen molar-refractivity contribution in [3.63, 3.8) is 0 Å². The average Bonchev–Trinajstić information content (AvgIpc) is 3.36. The number of amides is 2. The highest BCUT2D eigenvalue weighted by Gasteiger charge is 2.14. The van der Waals surface area contributed by atoms with Gasteiger partial charge in [-0.15, -0.1) is 0 Å². The van der Waals surface area contributed by atoms with E-state index in [1.165, 1.54) is 0 Å². The van der Waals surface area contributed by atoms with Crippen molar-refractivity contribution >= 4 is 11.8 Å². The Morgan fingerprint density at radius 3 is 2.30 bits per heavy atom. The van der Waals surface area contributed by atoms with Gasteiger partial charge in [0.15, 0.2) is 0 Å². The quantitative estimate of drug-likeness (QED) is 0.424. The van der Waals surface area contributed by atoms with E-state index in [1.54, 1.807) is 42.6 Å². The van der Waals surface area contributed by atoms with Crippen molar-refractivity contribution in [2.75, 3.05) is 6.61 Å². The van der Waals surface area contributed by atoms with Crippen molar-refractivity contribution in [1.82, 2.24) is 20.6 Å². The van der Waals surface area contributed by atoms with Gasteiger partial charge in [0.05, 0.1) is 13.2 Å². The summed E-state index contributed by atoms with van der Waals surface area (Å²) in [6.45, 7) is 3.12. The average molecular weight is 441 g/mol. The first kappa shape index (κ1) is 21.8. The van der Waals surface area contributed by atoms with Crippen LogP contribution in [0.25, 0.3) is 11.1 Å². The first-order chi connectivity index (χ1) is 16.1. The topological polar surface area (TPSA) is 85.3 Å². The van der Waals surface area contributed by atoms with Gasteiger partial charge in [-0.2, -0.15) is 5.10 Å². The minimum Gasteiger partial charge on any atom is -0.494 e. The summed E-state index contributed by atoms with van der Waals surface area (Å²) in [7, 11) is 0. The predicted molar refractivity (Wildman–Crippen MR) is 126 cm³/mol. The van der Waals surface area contributed by atoms with Gasteiger partial charge < -0.3 is 4.74 Å². The Labute approximate surface area is 192 Å². The molecule has 0 spiro atoms. The van der Waals surface area contributed by atoms with Crippen LogP contribution < -0.4 is 15.6 Å². The lowest BCUT2D eigenvalue weighted by Crippen LogP contribution is -2.41. The number of carbonyl (C=O) groups excluding carboxylic acids is 2. The lowest BCUT2D eigenvalue weighted by Gasteiger charge is -2.12. The summed E-state index contributed by atoms with van der Waals surface area (Å²) in [4.78, 5) is 25.2. The standard InChI is InChI=1S/C26H24N4O3/c1-2-33-22-14-12-21(13-15-22)25(31)28-29-26(32)24-7-4-3-6-23(24)20-10-8-19(9-11-20)18-30-17-5-16-27-30/h3-17H,2,18H2,1H3,(H,28,31)(H,29,32). The Kier molecular flexibility index (Phi) is 6.80. The Morgan fingerprint density at radius 1 is 0.879 bits per heavy atom. The zero-order chi connectivity index (χ0) is 23.0. The van der Waals surface area contributed by atoms with Crippen LogP contribution in [0.5, 0.6) is 5.75 Å². The second-order valence-corrected chi connectivity index (χ2v) is 7.31. The SMILES string of the molecule is CCOc1ccc(C(=O)NNC(=O)c2ccccc2-c2ccc(Cn3cccn3)cc2)cc1. The fourth-order valence-corrected chi connectivity index (χ4v) is 3.43. The fraction of sp³-hybridized carbons (Fsp3) is 0.115. The van der Waals surface area contributed by atoms with Gasteiger partial charge in [0.2, 0.25) is 0 Å². The number of aromatic nitrogens is 2. The van der Waals surface area contributed by atoms with Crippen LogP contribution in [0.4, 0.5) is 0 Å². The summed E-state index contributed by atoms with van der Waals surface area (Å²) in [5, 5.41) is 4.22. The molecular formula is C26H24N4O3. The Hall–Kier alpha value is -4.39. The number of hydrogen-bond acceptors (Lipinski definition) is 4. The minimum absolute atomic E-state index is 0.398. The summed E-state index contributed by atoms with van der Waals surface area (Å²) in [6.07, 6.45) is 3.66. The smallest absolute Gasteiger partial charge is 0.270 e. The molecule has 0 aliphatic carbocycles. The molecule has 3 aromatic carbocycles. The summed E-state index contributed by atoms with van der Waals surface area (Å²) < 4.78 is 7.23. The van der Waals surface area contributed by atoms with E-state index in [4.69, 9.17) is 4.74 Å². The molecule has 7 heteroatoms. The number of nitrogens with zero attached hydrogens (tertiary/aromatic N) is 2. The third kappa shape index (κ3) is 5.46. The molecular weight excluding hydrogens is 416 g/mol. The van der Waals surface area contributed by atoms with Crippen molar-refractivity contribution < 1.29 is 14.3 Å². The zero-order valence-electron chi connectivity index (χ0n) is 18.2. The molecule has 33 heavy (non-hydrogen) atoms. The molecule has 0 aliphatic heterocycles. The summed E-state index contributed by atoms with van der Waals surface area (Å²) >= 11 is 0. The normalized spacial score (nSPS) is 10.5. The molecule has 0 radical (unpaired) electrons. The molecule has 0 aliphatic rings. The molecule has 0 unspecified atom stereocenters. The van der Waals surface area contributed by atoms with E-state index in [1.807, 2.05) is 60.3 Å². The molecule has 7 nitrogen and oxygen atoms in total. The highest BCUT2D eigenvalue weighted by atomic mass is 16.5. The molecule has 2 N–H and O–H groups in total. The second kappa shape index (κ2) is 10.3. The molecule has 0 atom stereocenters. The Bertz CT molecular complexity index is 1220. The second-order valence-electron chi connectivity index (χ2n) is 7.31. The van der Waals surface area contributed by atoms with Gasteiger partial charge in [0.1, 0.15) is 5.75 Å². The molecule has 0 saturated carbocycles. The monoisotopic (exact) mass is 440 g/mol. The summed E-state index contributed by atoms with van der Waals surface area (Å²) in [6, 6.07) is 23.9. The van der Waals surface area contributed by atoms with Crippen molar-refractivity contribution in [2.24, 2.45) is 0 Å². The maximum Gasteiger partial charge on any atom is 0.270 e. The lowest BCUT2D eigenvalue weighted by atomic mass is 9.98. The molecule has 2 amide bonds. The number of rotatable bonds is 7. The van der Waals surface area contributed by atoms with Gasteiger partial charge >= 0.3 is 0 Å². The number of carbonyl (C=O) groups is 2. The Balaban J connectivity index is 1.43. The molecule has 0 bridgehead atoms. The van der Waals surface area contributed by atoms with Crippen LogP contribution in [0.1, 0.15) is 33.2 Å². The zero-order valence-corrected chi connectivity index (χ0v) is 18.2. The molecule has 4 aromatic rings. The number of hydrogen-bond donors (Lipinski definition) is 2. The van der Waals surface area contributed by atoms with E-state index in [-0.39, 0.29) is 0 Å². The van der Waals surface area contributed by atoms with E-state index >= 15 is 0 Å². The van der Waals surface area contributed by atoms with Crippen LogP contribution in [-0.2, 0) is 6.54 Å². The summed E-state index contributed by atoms with van der Waals surface area (Å²) in [5.41, 5.74) is 8.64. The van der Waals surface area contributed by atoms with Crippen LogP contribution in [-0.4, -0.2) is 28.2 Å². The van der Waals surface area contributed by atoms with E-state index in [9.17, 15) is 9.59 Å². The van der Waals surface area contributed by atoms with Gasteiger partial charge in [-0.05, 0) is 60.0 Å².